The van der Waals surface area contributed by atoms with E-state index in [1.165, 1.54) is 0 Å². The molecule has 0 aliphatic carbocycles. The van der Waals surface area contributed by atoms with E-state index in [0.29, 0.717) is 0 Å². The average molecular weight is 373 g/mol. The van der Waals surface area contributed by atoms with Crippen LogP contribution in [0.1, 0.15) is 12.5 Å². The number of pyridine rings is 1. The minimum atomic E-state index is 0.262. The van der Waals surface area contributed by atoms with Gasteiger partial charge in [-0.1, -0.05) is 41.9 Å². The second kappa shape index (κ2) is 9.01. The van der Waals surface area contributed by atoms with Gasteiger partial charge in [0.2, 0.25) is 0 Å². The molecule has 0 spiro atoms. The minimum absolute atomic E-state index is 0.262. The molecule has 3 rings (SSSR count). The maximum Gasteiger partial charge on any atom is 0.128 e. The predicted octanol–water partition coefficient (Wildman–Crippen LogP) is 3.54. The number of halogens is 1. The van der Waals surface area contributed by atoms with Gasteiger partial charge in [0.1, 0.15) is 12.9 Å². The number of piperazine rings is 1. The summed E-state index contributed by atoms with van der Waals surface area (Å²) in [6.07, 6.45) is 1.85. The van der Waals surface area contributed by atoms with Gasteiger partial charge in [0.15, 0.2) is 0 Å². The van der Waals surface area contributed by atoms with E-state index in [0.717, 1.165) is 54.8 Å². The summed E-state index contributed by atoms with van der Waals surface area (Å²) in [4.78, 5) is 14.4. The standard InChI is InChI=1S/C20H25ClN4O/c1-16(20(23-26-2)17-6-8-18(21)9-7-17)15-24-11-13-25(14-12-24)19-5-3-4-10-22-19/h3-10,16H,11-15H2,1-2H3/b23-20-. The molecule has 1 saturated heterocycles. The molecule has 0 bridgehead atoms. The van der Waals surface area contributed by atoms with Crippen molar-refractivity contribution in [1.29, 1.82) is 0 Å². The van der Waals surface area contributed by atoms with Gasteiger partial charge in [-0.15, -0.1) is 0 Å². The first-order valence-electron chi connectivity index (χ1n) is 8.92. The van der Waals surface area contributed by atoms with E-state index in [1.54, 1.807) is 7.11 Å². The van der Waals surface area contributed by atoms with Crippen molar-refractivity contribution >= 4 is 23.1 Å². The number of benzene rings is 1. The molecular weight excluding hydrogens is 348 g/mol. The smallest absolute Gasteiger partial charge is 0.128 e. The summed E-state index contributed by atoms with van der Waals surface area (Å²) in [7, 11) is 1.59. The van der Waals surface area contributed by atoms with Crippen LogP contribution in [0.5, 0.6) is 0 Å². The largest absolute Gasteiger partial charge is 0.399 e. The molecular formula is C20H25ClN4O. The van der Waals surface area contributed by atoms with Crippen LogP contribution in [0.4, 0.5) is 5.82 Å². The van der Waals surface area contributed by atoms with E-state index < -0.39 is 0 Å². The minimum Gasteiger partial charge on any atom is -0.399 e. The third-order valence-corrected chi connectivity index (χ3v) is 4.93. The lowest BCUT2D eigenvalue weighted by atomic mass is 9.97. The van der Waals surface area contributed by atoms with Crippen LogP contribution in [0.2, 0.25) is 5.02 Å². The molecule has 0 radical (unpaired) electrons. The first kappa shape index (κ1) is 18.7. The fraction of sp³-hybridized carbons (Fsp3) is 0.400. The Kier molecular flexibility index (Phi) is 6.47. The second-order valence-corrected chi connectivity index (χ2v) is 6.98. The SMILES string of the molecule is CO/N=C(\c1ccc(Cl)cc1)C(C)CN1CCN(c2ccccn2)CC1. The van der Waals surface area contributed by atoms with Gasteiger partial charge in [0, 0.05) is 49.9 Å². The van der Waals surface area contributed by atoms with Gasteiger partial charge in [0.25, 0.3) is 0 Å². The lowest BCUT2D eigenvalue weighted by Crippen LogP contribution is -2.48. The number of hydrogen-bond donors (Lipinski definition) is 0. The Balaban J connectivity index is 1.59. The molecule has 0 N–H and O–H groups in total. The average Bonchev–Trinajstić information content (AvgIpc) is 2.68. The molecule has 1 aliphatic rings. The normalized spacial score (nSPS) is 17.2. The Morgan fingerprint density at radius 1 is 1.15 bits per heavy atom. The number of oxime groups is 1. The van der Waals surface area contributed by atoms with Gasteiger partial charge in [-0.2, -0.15) is 0 Å². The zero-order valence-corrected chi connectivity index (χ0v) is 16.1. The molecule has 1 unspecified atom stereocenters. The van der Waals surface area contributed by atoms with Crippen LogP contribution >= 0.6 is 11.6 Å². The molecule has 2 heterocycles. The second-order valence-electron chi connectivity index (χ2n) is 6.54. The third kappa shape index (κ3) is 4.74. The Morgan fingerprint density at radius 2 is 1.88 bits per heavy atom. The van der Waals surface area contributed by atoms with E-state index in [9.17, 15) is 0 Å². The zero-order chi connectivity index (χ0) is 18.4. The molecule has 26 heavy (non-hydrogen) atoms. The predicted molar refractivity (Wildman–Crippen MR) is 107 cm³/mol. The van der Waals surface area contributed by atoms with Crippen LogP contribution in [-0.2, 0) is 4.84 Å². The van der Waals surface area contributed by atoms with Gasteiger partial charge in [-0.25, -0.2) is 4.98 Å². The maximum atomic E-state index is 6.00. The van der Waals surface area contributed by atoms with Crippen molar-refractivity contribution in [2.24, 2.45) is 11.1 Å². The summed E-state index contributed by atoms with van der Waals surface area (Å²) in [5.41, 5.74) is 2.01. The van der Waals surface area contributed by atoms with Crippen LogP contribution in [0.15, 0.2) is 53.8 Å². The van der Waals surface area contributed by atoms with Crippen molar-refractivity contribution in [3.05, 3.63) is 59.2 Å². The van der Waals surface area contributed by atoms with E-state index in [2.05, 4.69) is 32.9 Å². The highest BCUT2D eigenvalue weighted by Gasteiger charge is 2.22. The molecule has 2 aromatic rings. The highest BCUT2D eigenvalue weighted by Crippen LogP contribution is 2.18. The summed E-state index contributed by atoms with van der Waals surface area (Å²) in [5.74, 6) is 1.32. The van der Waals surface area contributed by atoms with E-state index in [4.69, 9.17) is 16.4 Å². The molecule has 6 heteroatoms. The van der Waals surface area contributed by atoms with Crippen LogP contribution < -0.4 is 4.90 Å². The van der Waals surface area contributed by atoms with Crippen molar-refractivity contribution < 1.29 is 4.84 Å². The summed E-state index contributed by atoms with van der Waals surface area (Å²) in [6.45, 7) is 7.14. The Morgan fingerprint density at radius 3 is 2.50 bits per heavy atom. The molecule has 5 nitrogen and oxygen atoms in total. The first-order valence-corrected chi connectivity index (χ1v) is 9.30. The molecule has 0 amide bonds. The van der Waals surface area contributed by atoms with Crippen molar-refractivity contribution in [1.82, 2.24) is 9.88 Å². The number of hydrogen-bond acceptors (Lipinski definition) is 5. The van der Waals surface area contributed by atoms with Gasteiger partial charge in [-0.05, 0) is 29.8 Å². The summed E-state index contributed by atoms with van der Waals surface area (Å²) >= 11 is 6.00. The summed E-state index contributed by atoms with van der Waals surface area (Å²) < 4.78 is 0. The molecule has 1 aromatic carbocycles. The van der Waals surface area contributed by atoms with Gasteiger partial charge in [-0.3, -0.25) is 4.90 Å². The van der Waals surface area contributed by atoms with Crippen LogP contribution in [0, 0.1) is 5.92 Å². The molecule has 1 atom stereocenters. The third-order valence-electron chi connectivity index (χ3n) is 4.67. The fourth-order valence-corrected chi connectivity index (χ4v) is 3.45. The number of rotatable bonds is 6. The van der Waals surface area contributed by atoms with E-state index in [1.807, 2.05) is 42.6 Å². The number of nitrogens with zero attached hydrogens (tertiary/aromatic N) is 4. The highest BCUT2D eigenvalue weighted by molar-refractivity contribution is 6.30. The van der Waals surface area contributed by atoms with Crippen LogP contribution in [0.3, 0.4) is 0 Å². The zero-order valence-electron chi connectivity index (χ0n) is 15.3. The van der Waals surface area contributed by atoms with Crippen LogP contribution in [0.25, 0.3) is 0 Å². The lowest BCUT2D eigenvalue weighted by Gasteiger charge is -2.36. The van der Waals surface area contributed by atoms with Gasteiger partial charge >= 0.3 is 0 Å². The summed E-state index contributed by atoms with van der Waals surface area (Å²) in [6, 6.07) is 13.8. The number of aromatic nitrogens is 1. The molecule has 1 aliphatic heterocycles. The molecule has 138 valence electrons. The lowest BCUT2D eigenvalue weighted by molar-refractivity contribution is 0.206. The van der Waals surface area contributed by atoms with Crippen LogP contribution in [-0.4, -0.2) is 55.4 Å². The molecule has 0 saturated carbocycles. The Labute approximate surface area is 160 Å². The monoisotopic (exact) mass is 372 g/mol. The van der Waals surface area contributed by atoms with Crippen molar-refractivity contribution in [2.45, 2.75) is 6.92 Å². The highest BCUT2D eigenvalue weighted by atomic mass is 35.5. The molecule has 1 fully saturated rings. The maximum absolute atomic E-state index is 6.00. The number of anilines is 1. The topological polar surface area (TPSA) is 41.0 Å². The fourth-order valence-electron chi connectivity index (χ4n) is 3.32. The quantitative estimate of drug-likeness (QED) is 0.574. The molecule has 1 aromatic heterocycles. The van der Waals surface area contributed by atoms with Crippen molar-refractivity contribution in [3.8, 4) is 0 Å². The van der Waals surface area contributed by atoms with Gasteiger partial charge < -0.3 is 9.74 Å². The first-order chi connectivity index (χ1) is 12.7. The van der Waals surface area contributed by atoms with Crippen molar-refractivity contribution in [3.63, 3.8) is 0 Å². The van der Waals surface area contributed by atoms with E-state index >= 15 is 0 Å². The Bertz CT molecular complexity index is 712. The van der Waals surface area contributed by atoms with Gasteiger partial charge in [0.05, 0.1) is 5.71 Å². The summed E-state index contributed by atoms with van der Waals surface area (Å²) in [5, 5.41) is 5.00. The Hall–Kier alpha value is -2.11. The van der Waals surface area contributed by atoms with E-state index in [-0.39, 0.29) is 5.92 Å². The van der Waals surface area contributed by atoms with Crippen molar-refractivity contribution in [2.75, 3.05) is 44.7 Å².